The zero-order valence-electron chi connectivity index (χ0n) is 10.6. The first kappa shape index (κ1) is 14.3. The Balaban J connectivity index is 2.25. The molecule has 0 spiro atoms. The number of amides is 1. The first-order valence-corrected chi connectivity index (χ1v) is 5.74. The molecule has 21 heavy (non-hydrogen) atoms. The number of anilines is 1. The van der Waals surface area contributed by atoms with Crippen LogP contribution in [0.1, 0.15) is 15.9 Å². The van der Waals surface area contributed by atoms with Gasteiger partial charge in [-0.05, 0) is 24.3 Å². The van der Waals surface area contributed by atoms with Gasteiger partial charge in [0.1, 0.15) is 11.6 Å². The van der Waals surface area contributed by atoms with Crippen LogP contribution in [0.15, 0.2) is 41.8 Å². The fourth-order valence-corrected chi connectivity index (χ4v) is 1.60. The molecule has 0 aliphatic carbocycles. The Labute approximate surface area is 118 Å². The number of nitrogens with two attached hydrogens (primary N) is 1. The lowest BCUT2D eigenvalue weighted by Crippen LogP contribution is -2.16. The average molecular weight is 290 g/mol. The van der Waals surface area contributed by atoms with E-state index in [0.717, 1.165) is 12.3 Å². The number of hydrogen-bond donors (Lipinski definition) is 4. The molecule has 108 valence electrons. The molecule has 0 aliphatic rings. The van der Waals surface area contributed by atoms with Crippen molar-refractivity contribution < 1.29 is 19.5 Å². The highest BCUT2D eigenvalue weighted by atomic mass is 19.1. The summed E-state index contributed by atoms with van der Waals surface area (Å²) in [6, 6.07) is 4.95. The molecule has 1 aromatic carbocycles. The van der Waals surface area contributed by atoms with Crippen molar-refractivity contribution >= 4 is 17.4 Å². The standard InChI is InChI=1S/C13H11FN4O3/c14-9-5-7(12(15)18-21)1-2-10(9)17-13(20)8-3-4-16-6-11(8)19/h1-6,19,21H,(H2,15,18)(H,17,20). The van der Waals surface area contributed by atoms with Gasteiger partial charge in [0.05, 0.1) is 17.4 Å². The molecule has 0 radical (unpaired) electrons. The van der Waals surface area contributed by atoms with Crippen molar-refractivity contribution in [1.82, 2.24) is 4.98 Å². The summed E-state index contributed by atoms with van der Waals surface area (Å²) in [7, 11) is 0. The normalized spacial score (nSPS) is 11.2. The number of pyridine rings is 1. The summed E-state index contributed by atoms with van der Waals surface area (Å²) >= 11 is 0. The number of carbonyl (C=O) groups is 1. The monoisotopic (exact) mass is 290 g/mol. The van der Waals surface area contributed by atoms with Crippen molar-refractivity contribution in [2.24, 2.45) is 10.9 Å². The minimum Gasteiger partial charge on any atom is -0.505 e. The molecule has 0 aliphatic heterocycles. The van der Waals surface area contributed by atoms with Crippen molar-refractivity contribution in [3.05, 3.63) is 53.6 Å². The number of nitrogens with one attached hydrogen (secondary N) is 1. The molecular formula is C13H11FN4O3. The van der Waals surface area contributed by atoms with E-state index in [0.29, 0.717) is 0 Å². The van der Waals surface area contributed by atoms with E-state index < -0.39 is 11.7 Å². The van der Waals surface area contributed by atoms with Crippen LogP contribution in [-0.4, -0.2) is 27.0 Å². The lowest BCUT2D eigenvalue weighted by Gasteiger charge is -2.08. The molecule has 0 saturated carbocycles. The van der Waals surface area contributed by atoms with E-state index >= 15 is 0 Å². The Morgan fingerprint density at radius 3 is 2.76 bits per heavy atom. The number of carbonyl (C=O) groups excluding carboxylic acids is 1. The van der Waals surface area contributed by atoms with Crippen LogP contribution < -0.4 is 11.1 Å². The molecule has 0 bridgehead atoms. The molecular weight excluding hydrogens is 279 g/mol. The second-order valence-corrected chi connectivity index (χ2v) is 4.03. The van der Waals surface area contributed by atoms with Crippen LogP contribution in [-0.2, 0) is 0 Å². The minimum atomic E-state index is -0.763. The molecule has 2 rings (SSSR count). The molecule has 0 fully saturated rings. The maximum atomic E-state index is 13.8. The quantitative estimate of drug-likeness (QED) is 0.293. The summed E-state index contributed by atoms with van der Waals surface area (Å²) in [5.74, 6) is -2.02. The van der Waals surface area contributed by atoms with E-state index in [9.17, 15) is 14.3 Å². The topological polar surface area (TPSA) is 121 Å². The number of aromatic nitrogens is 1. The number of halogens is 1. The molecule has 8 heteroatoms. The Morgan fingerprint density at radius 2 is 2.14 bits per heavy atom. The minimum absolute atomic E-state index is 0.0371. The smallest absolute Gasteiger partial charge is 0.259 e. The number of nitrogens with zero attached hydrogens (tertiary/aromatic N) is 2. The van der Waals surface area contributed by atoms with Crippen molar-refractivity contribution in [2.75, 3.05) is 5.32 Å². The lowest BCUT2D eigenvalue weighted by molar-refractivity contribution is 0.102. The van der Waals surface area contributed by atoms with Crippen LogP contribution in [0.2, 0.25) is 0 Å². The van der Waals surface area contributed by atoms with Gasteiger partial charge in [-0.2, -0.15) is 0 Å². The number of amidine groups is 1. The molecule has 5 N–H and O–H groups in total. The van der Waals surface area contributed by atoms with E-state index in [-0.39, 0.29) is 28.4 Å². The third-order valence-corrected chi connectivity index (χ3v) is 2.67. The summed E-state index contributed by atoms with van der Waals surface area (Å²) in [6.07, 6.45) is 2.43. The Morgan fingerprint density at radius 1 is 1.38 bits per heavy atom. The first-order valence-electron chi connectivity index (χ1n) is 5.74. The van der Waals surface area contributed by atoms with Crippen LogP contribution in [0.25, 0.3) is 0 Å². The third kappa shape index (κ3) is 3.06. The van der Waals surface area contributed by atoms with Crippen molar-refractivity contribution in [3.63, 3.8) is 0 Å². The average Bonchev–Trinajstić information content (AvgIpc) is 2.48. The van der Waals surface area contributed by atoms with Crippen molar-refractivity contribution in [3.8, 4) is 5.75 Å². The summed E-state index contributed by atoms with van der Waals surface area (Å²) in [4.78, 5) is 15.5. The zero-order valence-corrected chi connectivity index (χ0v) is 10.6. The van der Waals surface area contributed by atoms with Gasteiger partial charge < -0.3 is 21.4 Å². The van der Waals surface area contributed by atoms with Gasteiger partial charge >= 0.3 is 0 Å². The van der Waals surface area contributed by atoms with Crippen LogP contribution >= 0.6 is 0 Å². The van der Waals surface area contributed by atoms with Crippen LogP contribution in [0.4, 0.5) is 10.1 Å². The molecule has 0 atom stereocenters. The fourth-order valence-electron chi connectivity index (χ4n) is 1.60. The number of benzene rings is 1. The van der Waals surface area contributed by atoms with Gasteiger partial charge in [-0.15, -0.1) is 0 Å². The lowest BCUT2D eigenvalue weighted by atomic mass is 10.1. The predicted molar refractivity (Wildman–Crippen MR) is 72.8 cm³/mol. The molecule has 0 unspecified atom stereocenters. The highest BCUT2D eigenvalue weighted by molar-refractivity contribution is 6.06. The second-order valence-electron chi connectivity index (χ2n) is 4.03. The van der Waals surface area contributed by atoms with E-state index in [1.807, 2.05) is 0 Å². The largest absolute Gasteiger partial charge is 0.505 e. The van der Waals surface area contributed by atoms with Crippen LogP contribution in [0.3, 0.4) is 0 Å². The van der Waals surface area contributed by atoms with E-state index in [1.54, 1.807) is 0 Å². The predicted octanol–water partition coefficient (Wildman–Crippen LogP) is 1.27. The Hall–Kier alpha value is -3.16. The van der Waals surface area contributed by atoms with Crippen LogP contribution in [0, 0.1) is 5.82 Å². The van der Waals surface area contributed by atoms with Gasteiger partial charge in [-0.1, -0.05) is 5.16 Å². The van der Waals surface area contributed by atoms with Crippen molar-refractivity contribution in [2.45, 2.75) is 0 Å². The molecule has 7 nitrogen and oxygen atoms in total. The Kier molecular flexibility index (Phi) is 3.98. The number of hydrogen-bond acceptors (Lipinski definition) is 5. The van der Waals surface area contributed by atoms with Crippen LogP contribution in [0.5, 0.6) is 5.75 Å². The first-order chi connectivity index (χ1) is 10.0. The summed E-state index contributed by atoms with van der Waals surface area (Å²) in [5, 5.41) is 23.1. The molecule has 2 aromatic rings. The highest BCUT2D eigenvalue weighted by Gasteiger charge is 2.14. The molecule has 0 saturated heterocycles. The Bertz CT molecular complexity index is 718. The highest BCUT2D eigenvalue weighted by Crippen LogP contribution is 2.19. The summed E-state index contributed by atoms with van der Waals surface area (Å²) in [6.45, 7) is 0. The number of aromatic hydroxyl groups is 1. The van der Waals surface area contributed by atoms with E-state index in [1.165, 1.54) is 24.4 Å². The van der Waals surface area contributed by atoms with E-state index in [4.69, 9.17) is 10.9 Å². The number of rotatable bonds is 3. The zero-order chi connectivity index (χ0) is 15.4. The van der Waals surface area contributed by atoms with Gasteiger partial charge in [-0.3, -0.25) is 9.78 Å². The second kappa shape index (κ2) is 5.87. The molecule has 1 amide bonds. The van der Waals surface area contributed by atoms with Gasteiger partial charge in [0.2, 0.25) is 0 Å². The van der Waals surface area contributed by atoms with Gasteiger partial charge in [0.15, 0.2) is 5.84 Å². The van der Waals surface area contributed by atoms with Crippen molar-refractivity contribution in [1.29, 1.82) is 0 Å². The van der Waals surface area contributed by atoms with Gasteiger partial charge in [-0.25, -0.2) is 4.39 Å². The SMILES string of the molecule is N/C(=N/O)c1ccc(NC(=O)c2ccncc2O)c(F)c1. The summed E-state index contributed by atoms with van der Waals surface area (Å²) < 4.78 is 13.8. The fraction of sp³-hybridized carbons (Fsp3) is 0. The maximum absolute atomic E-state index is 13.8. The van der Waals surface area contributed by atoms with Gasteiger partial charge in [0.25, 0.3) is 5.91 Å². The molecule has 1 aromatic heterocycles. The van der Waals surface area contributed by atoms with E-state index in [2.05, 4.69) is 15.5 Å². The third-order valence-electron chi connectivity index (χ3n) is 2.67. The summed E-state index contributed by atoms with van der Waals surface area (Å²) in [5.41, 5.74) is 5.35. The van der Waals surface area contributed by atoms with Gasteiger partial charge in [0, 0.05) is 11.8 Å². The maximum Gasteiger partial charge on any atom is 0.259 e. The number of oxime groups is 1. The molecule has 1 heterocycles.